The zero-order chi connectivity index (χ0) is 17.5. The predicted octanol–water partition coefficient (Wildman–Crippen LogP) is 2.02. The largest absolute Gasteiger partial charge is 0.464 e. The van der Waals surface area contributed by atoms with Crippen molar-refractivity contribution in [2.24, 2.45) is 17.8 Å². The molecule has 0 aromatic heterocycles. The highest BCUT2D eigenvalue weighted by Gasteiger charge is 2.33. The molecule has 2 saturated carbocycles. The Hall–Kier alpha value is -1.43. The summed E-state index contributed by atoms with van der Waals surface area (Å²) in [5.41, 5.74) is 0. The first kappa shape index (κ1) is 18.9. The van der Waals surface area contributed by atoms with Gasteiger partial charge in [-0.25, -0.2) is 0 Å². The van der Waals surface area contributed by atoms with E-state index in [0.717, 1.165) is 19.1 Å². The van der Waals surface area contributed by atoms with Crippen molar-refractivity contribution in [1.82, 2.24) is 0 Å². The van der Waals surface area contributed by atoms with E-state index in [0.29, 0.717) is 45.0 Å². The summed E-state index contributed by atoms with van der Waals surface area (Å²) in [5.74, 6) is 0.125. The number of rotatable bonds is 7. The summed E-state index contributed by atoms with van der Waals surface area (Å²) >= 11 is 0. The lowest BCUT2D eigenvalue weighted by molar-refractivity contribution is -0.157. The third kappa shape index (κ3) is 5.30. The number of aldehydes is 1. The number of hydrogen-bond acceptors (Lipinski definition) is 6. The van der Waals surface area contributed by atoms with Crippen LogP contribution in [0.25, 0.3) is 0 Å². The molecule has 0 aromatic carbocycles. The summed E-state index contributed by atoms with van der Waals surface area (Å²) in [5, 5.41) is 9.90. The molecule has 136 valence electrons. The Morgan fingerprint density at radius 2 is 1.96 bits per heavy atom. The molecule has 6 nitrogen and oxygen atoms in total. The van der Waals surface area contributed by atoms with Crippen molar-refractivity contribution >= 4 is 18.7 Å². The van der Waals surface area contributed by atoms with E-state index in [-0.39, 0.29) is 35.9 Å². The molecule has 0 heterocycles. The first-order chi connectivity index (χ1) is 11.5. The average Bonchev–Trinajstić information content (AvgIpc) is 2.53. The first-order valence-corrected chi connectivity index (χ1v) is 8.93. The molecule has 0 radical (unpaired) electrons. The van der Waals surface area contributed by atoms with E-state index in [1.807, 2.05) is 6.92 Å². The maximum absolute atomic E-state index is 12.2. The molecule has 24 heavy (non-hydrogen) atoms. The van der Waals surface area contributed by atoms with Gasteiger partial charge in [-0.15, -0.1) is 0 Å². The van der Waals surface area contributed by atoms with Gasteiger partial charge in [0.25, 0.3) is 6.47 Å². The molecule has 2 aliphatic rings. The maximum Gasteiger partial charge on any atom is 0.306 e. The Kier molecular flexibility index (Phi) is 7.21. The summed E-state index contributed by atoms with van der Waals surface area (Å²) in [6, 6.07) is 0. The first-order valence-electron chi connectivity index (χ1n) is 8.93. The molecule has 2 fully saturated rings. The minimum Gasteiger partial charge on any atom is -0.464 e. The van der Waals surface area contributed by atoms with Gasteiger partial charge in [-0.1, -0.05) is 6.92 Å². The van der Waals surface area contributed by atoms with Crippen LogP contribution in [0, 0.1) is 17.8 Å². The Balaban J connectivity index is 1.75. The number of aliphatic hydroxyl groups is 1. The van der Waals surface area contributed by atoms with E-state index >= 15 is 0 Å². The number of hydrogen-bond donors (Lipinski definition) is 1. The van der Waals surface area contributed by atoms with Crippen molar-refractivity contribution < 1.29 is 29.0 Å². The zero-order valence-electron chi connectivity index (χ0n) is 14.3. The quantitative estimate of drug-likeness (QED) is 0.563. The lowest BCUT2D eigenvalue weighted by Crippen LogP contribution is -2.35. The van der Waals surface area contributed by atoms with Crippen molar-refractivity contribution in [2.45, 2.75) is 76.6 Å². The SMILES string of the molecule is CC1CC(OC(=O)CC2CCC(O)C(CC=O)C2)CCC1OC=O. The smallest absolute Gasteiger partial charge is 0.306 e. The number of aliphatic hydroxyl groups excluding tert-OH is 1. The molecular weight excluding hydrogens is 312 g/mol. The highest BCUT2D eigenvalue weighted by Crippen LogP contribution is 2.34. The van der Waals surface area contributed by atoms with Crippen LogP contribution in [0.15, 0.2) is 0 Å². The van der Waals surface area contributed by atoms with Crippen molar-refractivity contribution in [3.8, 4) is 0 Å². The summed E-state index contributed by atoms with van der Waals surface area (Å²) in [6.45, 7) is 2.49. The van der Waals surface area contributed by atoms with Gasteiger partial charge in [-0.3, -0.25) is 9.59 Å². The second kappa shape index (κ2) is 9.16. The van der Waals surface area contributed by atoms with Crippen molar-refractivity contribution in [2.75, 3.05) is 0 Å². The monoisotopic (exact) mass is 340 g/mol. The second-order valence-electron chi connectivity index (χ2n) is 7.29. The number of carbonyl (C=O) groups is 3. The predicted molar refractivity (Wildman–Crippen MR) is 86.0 cm³/mol. The summed E-state index contributed by atoms with van der Waals surface area (Å²) in [7, 11) is 0. The molecule has 0 aliphatic heterocycles. The molecular formula is C18H28O6. The molecule has 0 saturated heterocycles. The van der Waals surface area contributed by atoms with Gasteiger partial charge in [-0.05, 0) is 56.3 Å². The molecule has 2 aliphatic carbocycles. The number of esters is 1. The van der Waals surface area contributed by atoms with Crippen LogP contribution in [-0.4, -0.2) is 42.1 Å². The summed E-state index contributed by atoms with van der Waals surface area (Å²) in [6.07, 6.45) is 5.19. The topological polar surface area (TPSA) is 89.9 Å². The molecule has 6 unspecified atom stereocenters. The fourth-order valence-electron chi connectivity index (χ4n) is 4.08. The standard InChI is InChI=1S/C18H28O6/c1-12-8-15(3-5-17(12)23-11-20)24-18(22)10-13-2-4-16(21)14(9-13)6-7-19/h7,11-17,21H,2-6,8-10H2,1H3. The normalized spacial score (nSPS) is 36.6. The molecule has 0 amide bonds. The van der Waals surface area contributed by atoms with Crippen molar-refractivity contribution in [3.05, 3.63) is 0 Å². The molecule has 1 N–H and O–H groups in total. The molecule has 0 aromatic rings. The Morgan fingerprint density at radius 3 is 2.62 bits per heavy atom. The van der Waals surface area contributed by atoms with Gasteiger partial charge in [0.15, 0.2) is 0 Å². The lowest BCUT2D eigenvalue weighted by atomic mass is 9.77. The van der Waals surface area contributed by atoms with Gasteiger partial charge >= 0.3 is 5.97 Å². The van der Waals surface area contributed by atoms with Crippen molar-refractivity contribution in [1.29, 1.82) is 0 Å². The van der Waals surface area contributed by atoms with Gasteiger partial charge in [0.1, 0.15) is 18.5 Å². The van der Waals surface area contributed by atoms with Gasteiger partial charge < -0.3 is 19.4 Å². The summed E-state index contributed by atoms with van der Waals surface area (Å²) in [4.78, 5) is 33.3. The van der Waals surface area contributed by atoms with Gasteiger partial charge in [0, 0.05) is 12.8 Å². The van der Waals surface area contributed by atoms with Gasteiger partial charge in [0.05, 0.1) is 6.10 Å². The highest BCUT2D eigenvalue weighted by molar-refractivity contribution is 5.70. The zero-order valence-corrected chi connectivity index (χ0v) is 14.3. The van der Waals surface area contributed by atoms with Crippen LogP contribution in [0.4, 0.5) is 0 Å². The van der Waals surface area contributed by atoms with Crippen molar-refractivity contribution in [3.63, 3.8) is 0 Å². The van der Waals surface area contributed by atoms with Crippen LogP contribution in [0.5, 0.6) is 0 Å². The minimum atomic E-state index is -0.434. The second-order valence-corrected chi connectivity index (χ2v) is 7.29. The minimum absolute atomic E-state index is 0.0370. The van der Waals surface area contributed by atoms with Crippen LogP contribution in [-0.2, 0) is 23.9 Å². The molecule has 6 atom stereocenters. The number of ether oxygens (including phenoxy) is 2. The Labute approximate surface area is 142 Å². The van der Waals surface area contributed by atoms with Crippen LogP contribution < -0.4 is 0 Å². The van der Waals surface area contributed by atoms with Crippen LogP contribution >= 0.6 is 0 Å². The fraction of sp³-hybridized carbons (Fsp3) is 0.833. The highest BCUT2D eigenvalue weighted by atomic mass is 16.5. The maximum atomic E-state index is 12.2. The Morgan fingerprint density at radius 1 is 1.17 bits per heavy atom. The average molecular weight is 340 g/mol. The molecule has 2 rings (SSSR count). The third-order valence-electron chi connectivity index (χ3n) is 5.48. The van der Waals surface area contributed by atoms with E-state index < -0.39 is 6.10 Å². The van der Waals surface area contributed by atoms with E-state index in [9.17, 15) is 19.5 Å². The molecule has 6 heteroatoms. The molecule has 0 spiro atoms. The third-order valence-corrected chi connectivity index (χ3v) is 5.48. The molecule has 0 bridgehead atoms. The van der Waals surface area contributed by atoms with E-state index in [1.165, 1.54) is 0 Å². The lowest BCUT2D eigenvalue weighted by Gasteiger charge is -2.34. The van der Waals surface area contributed by atoms with E-state index in [4.69, 9.17) is 9.47 Å². The van der Waals surface area contributed by atoms with Gasteiger partial charge in [-0.2, -0.15) is 0 Å². The van der Waals surface area contributed by atoms with E-state index in [2.05, 4.69) is 0 Å². The van der Waals surface area contributed by atoms with Crippen LogP contribution in [0.1, 0.15) is 58.3 Å². The fourth-order valence-corrected chi connectivity index (χ4v) is 4.08. The summed E-state index contributed by atoms with van der Waals surface area (Å²) < 4.78 is 10.6. The van der Waals surface area contributed by atoms with E-state index in [1.54, 1.807) is 0 Å². The van der Waals surface area contributed by atoms with Crippen LogP contribution in [0.3, 0.4) is 0 Å². The van der Waals surface area contributed by atoms with Crippen LogP contribution in [0.2, 0.25) is 0 Å². The Bertz CT molecular complexity index is 437. The number of carbonyl (C=O) groups excluding carboxylic acids is 3. The van der Waals surface area contributed by atoms with Gasteiger partial charge in [0.2, 0.25) is 0 Å².